The Morgan fingerprint density at radius 2 is 2.33 bits per heavy atom. The van der Waals surface area contributed by atoms with Crippen LogP contribution in [0.3, 0.4) is 0 Å². The van der Waals surface area contributed by atoms with Crippen LogP contribution in [0, 0.1) is 0 Å². The topological polar surface area (TPSA) is 3.24 Å². The minimum Gasteiger partial charge on any atom is -0.299 e. The predicted octanol–water partition coefficient (Wildman–Crippen LogP) is 1.93. The lowest BCUT2D eigenvalue weighted by atomic mass is 10.5. The minimum absolute atomic E-state index is 1.03. The van der Waals surface area contributed by atoms with E-state index in [0.717, 1.165) is 13.1 Å². The van der Waals surface area contributed by atoms with Crippen LogP contribution in [0.15, 0.2) is 12.7 Å². The molecule has 0 aliphatic rings. The lowest BCUT2D eigenvalue weighted by molar-refractivity contribution is 0.342. The van der Waals surface area contributed by atoms with Crippen molar-refractivity contribution in [2.75, 3.05) is 24.1 Å². The molecule has 0 bridgehead atoms. The normalized spacial score (nSPS) is 10.1. The second kappa shape index (κ2) is 6.55. The number of likely N-dealkylation sites (N-methyl/N-ethyl adjacent to an activating group) is 1. The molecule has 0 saturated heterocycles. The zero-order valence-corrected chi connectivity index (χ0v) is 8.10. The van der Waals surface area contributed by atoms with Crippen molar-refractivity contribution in [2.45, 2.75) is 6.92 Å². The van der Waals surface area contributed by atoms with Gasteiger partial charge in [0, 0.05) is 17.5 Å². The fraction of sp³-hybridized carbons (Fsp3) is 0.714. The van der Waals surface area contributed by atoms with Crippen molar-refractivity contribution in [1.82, 2.24) is 4.90 Å². The van der Waals surface area contributed by atoms with Crippen molar-refractivity contribution in [3.8, 4) is 0 Å². The van der Waals surface area contributed by atoms with E-state index in [1.54, 1.807) is 0 Å². The number of hydrogen-bond acceptors (Lipinski definition) is 1. The van der Waals surface area contributed by atoms with Gasteiger partial charge in [-0.15, -0.1) is 6.58 Å². The molecule has 54 valence electrons. The number of alkyl halides is 1. The van der Waals surface area contributed by atoms with Gasteiger partial charge in [-0.2, -0.15) is 0 Å². The van der Waals surface area contributed by atoms with E-state index >= 15 is 0 Å². The van der Waals surface area contributed by atoms with Crippen LogP contribution in [-0.4, -0.2) is 29.0 Å². The summed E-state index contributed by atoms with van der Waals surface area (Å²) in [5, 5.41) is 0. The van der Waals surface area contributed by atoms with Gasteiger partial charge in [-0.25, -0.2) is 0 Å². The van der Waals surface area contributed by atoms with Crippen LogP contribution >= 0.6 is 22.6 Å². The molecule has 0 aliphatic heterocycles. The van der Waals surface area contributed by atoms with Crippen LogP contribution in [0.2, 0.25) is 0 Å². The average molecular weight is 239 g/mol. The SMILES string of the molecule is C=CCN(CC)CCI. The summed E-state index contributed by atoms with van der Waals surface area (Å²) >= 11 is 2.39. The molecule has 0 amide bonds. The second-order valence-electron chi connectivity index (χ2n) is 1.87. The average Bonchev–Trinajstić information content (AvgIpc) is 1.88. The Hall–Kier alpha value is 0.430. The Bertz CT molecular complexity index is 73.3. The summed E-state index contributed by atoms with van der Waals surface area (Å²) in [5.74, 6) is 0. The van der Waals surface area contributed by atoms with Gasteiger partial charge in [-0.05, 0) is 6.54 Å². The minimum atomic E-state index is 1.03. The van der Waals surface area contributed by atoms with E-state index < -0.39 is 0 Å². The Kier molecular flexibility index (Phi) is 6.86. The highest BCUT2D eigenvalue weighted by atomic mass is 127. The number of hydrogen-bond donors (Lipinski definition) is 0. The van der Waals surface area contributed by atoms with Crippen LogP contribution in [-0.2, 0) is 0 Å². The molecule has 0 saturated carbocycles. The van der Waals surface area contributed by atoms with Crippen molar-refractivity contribution >= 4 is 22.6 Å². The number of nitrogens with zero attached hydrogens (tertiary/aromatic N) is 1. The van der Waals surface area contributed by atoms with Gasteiger partial charge in [0.2, 0.25) is 0 Å². The first kappa shape index (κ1) is 9.43. The fourth-order valence-corrected chi connectivity index (χ4v) is 1.36. The molecule has 1 nitrogen and oxygen atoms in total. The predicted molar refractivity (Wildman–Crippen MR) is 51.2 cm³/mol. The molecule has 0 aliphatic carbocycles. The van der Waals surface area contributed by atoms with Crippen molar-refractivity contribution < 1.29 is 0 Å². The van der Waals surface area contributed by atoms with Gasteiger partial charge in [-0.3, -0.25) is 4.90 Å². The molecule has 0 radical (unpaired) electrons. The van der Waals surface area contributed by atoms with Crippen LogP contribution in [0.5, 0.6) is 0 Å². The first-order valence-corrected chi connectivity index (χ1v) is 4.77. The smallest absolute Gasteiger partial charge is 0.0160 e. The van der Waals surface area contributed by atoms with Crippen LogP contribution < -0.4 is 0 Å². The molecule has 0 heterocycles. The lowest BCUT2D eigenvalue weighted by Gasteiger charge is -2.15. The van der Waals surface area contributed by atoms with Crippen molar-refractivity contribution in [3.05, 3.63) is 12.7 Å². The van der Waals surface area contributed by atoms with Gasteiger partial charge in [0.1, 0.15) is 0 Å². The summed E-state index contributed by atoms with van der Waals surface area (Å²) in [6.07, 6.45) is 1.95. The number of halogens is 1. The van der Waals surface area contributed by atoms with E-state index in [1.807, 2.05) is 6.08 Å². The summed E-state index contributed by atoms with van der Waals surface area (Å²) in [6.45, 7) is 9.21. The maximum Gasteiger partial charge on any atom is 0.0160 e. The third-order valence-electron chi connectivity index (χ3n) is 1.24. The summed E-state index contributed by atoms with van der Waals surface area (Å²) < 4.78 is 1.21. The summed E-state index contributed by atoms with van der Waals surface area (Å²) in [4.78, 5) is 2.36. The fourth-order valence-electron chi connectivity index (χ4n) is 0.681. The molecule has 0 atom stereocenters. The van der Waals surface area contributed by atoms with E-state index in [9.17, 15) is 0 Å². The van der Waals surface area contributed by atoms with E-state index in [4.69, 9.17) is 0 Å². The highest BCUT2D eigenvalue weighted by Crippen LogP contribution is 1.90. The van der Waals surface area contributed by atoms with E-state index in [2.05, 4.69) is 41.0 Å². The molecular weight excluding hydrogens is 225 g/mol. The molecule has 0 aromatic heterocycles. The van der Waals surface area contributed by atoms with Crippen molar-refractivity contribution in [2.24, 2.45) is 0 Å². The summed E-state index contributed by atoms with van der Waals surface area (Å²) in [5.41, 5.74) is 0. The zero-order chi connectivity index (χ0) is 7.11. The summed E-state index contributed by atoms with van der Waals surface area (Å²) in [7, 11) is 0. The first-order valence-electron chi connectivity index (χ1n) is 3.24. The molecule has 0 rings (SSSR count). The molecule has 0 N–H and O–H groups in total. The monoisotopic (exact) mass is 239 g/mol. The maximum absolute atomic E-state index is 3.69. The Balaban J connectivity index is 3.28. The van der Waals surface area contributed by atoms with Gasteiger partial charge in [-0.1, -0.05) is 35.6 Å². The Morgan fingerprint density at radius 3 is 2.67 bits per heavy atom. The van der Waals surface area contributed by atoms with E-state index in [1.165, 1.54) is 11.0 Å². The quantitative estimate of drug-likeness (QED) is 0.402. The van der Waals surface area contributed by atoms with Gasteiger partial charge in [0.25, 0.3) is 0 Å². The molecule has 0 aromatic carbocycles. The zero-order valence-electron chi connectivity index (χ0n) is 5.94. The largest absolute Gasteiger partial charge is 0.299 e. The molecule has 0 unspecified atom stereocenters. The van der Waals surface area contributed by atoms with Gasteiger partial charge in [0.05, 0.1) is 0 Å². The van der Waals surface area contributed by atoms with Gasteiger partial charge in [0.15, 0.2) is 0 Å². The highest BCUT2D eigenvalue weighted by molar-refractivity contribution is 14.1. The third kappa shape index (κ3) is 4.90. The van der Waals surface area contributed by atoms with E-state index in [0.29, 0.717) is 0 Å². The maximum atomic E-state index is 3.69. The van der Waals surface area contributed by atoms with Crippen LogP contribution in [0.25, 0.3) is 0 Å². The molecule has 0 aromatic rings. The second-order valence-corrected chi connectivity index (χ2v) is 2.95. The van der Waals surface area contributed by atoms with Crippen molar-refractivity contribution in [3.63, 3.8) is 0 Å². The van der Waals surface area contributed by atoms with Crippen LogP contribution in [0.4, 0.5) is 0 Å². The Labute approximate surface area is 71.3 Å². The lowest BCUT2D eigenvalue weighted by Crippen LogP contribution is -2.25. The Morgan fingerprint density at radius 1 is 1.67 bits per heavy atom. The van der Waals surface area contributed by atoms with Crippen LogP contribution in [0.1, 0.15) is 6.92 Å². The van der Waals surface area contributed by atoms with Crippen molar-refractivity contribution in [1.29, 1.82) is 0 Å². The standard InChI is InChI=1S/C7H14IN/c1-3-6-9(4-2)7-5-8/h3H,1,4-7H2,2H3. The highest BCUT2D eigenvalue weighted by Gasteiger charge is 1.94. The van der Waals surface area contributed by atoms with E-state index in [-0.39, 0.29) is 0 Å². The number of rotatable bonds is 5. The molecule has 9 heavy (non-hydrogen) atoms. The van der Waals surface area contributed by atoms with Gasteiger partial charge < -0.3 is 0 Å². The first-order chi connectivity index (χ1) is 4.35. The third-order valence-corrected chi connectivity index (χ3v) is 1.72. The molecule has 2 heteroatoms. The summed E-state index contributed by atoms with van der Waals surface area (Å²) in [6, 6.07) is 0. The molecular formula is C7H14IN. The van der Waals surface area contributed by atoms with Gasteiger partial charge >= 0.3 is 0 Å². The molecule has 0 fully saturated rings. The molecule has 0 spiro atoms.